The van der Waals surface area contributed by atoms with Crippen molar-refractivity contribution < 1.29 is 4.79 Å². The SMILES string of the molecule is CC(C)CCCC(=O)C1CC2CCC(C1)N2. The number of ketones is 1. The van der Waals surface area contributed by atoms with Gasteiger partial charge in [-0.25, -0.2) is 0 Å². The highest BCUT2D eigenvalue weighted by Gasteiger charge is 2.35. The Labute approximate surface area is 99.2 Å². The van der Waals surface area contributed by atoms with Crippen molar-refractivity contribution in [1.82, 2.24) is 5.32 Å². The Morgan fingerprint density at radius 2 is 1.88 bits per heavy atom. The third-order valence-corrected chi connectivity index (χ3v) is 4.13. The minimum atomic E-state index is 0.380. The standard InChI is InChI=1S/C14H25NO/c1-10(2)4-3-5-14(16)11-8-12-6-7-13(9-11)15-12/h10-13,15H,3-9H2,1-2H3. The van der Waals surface area contributed by atoms with Crippen LogP contribution in [0.25, 0.3) is 0 Å². The minimum absolute atomic E-state index is 0.380. The summed E-state index contributed by atoms with van der Waals surface area (Å²) in [4.78, 5) is 12.1. The van der Waals surface area contributed by atoms with Crippen LogP contribution in [-0.4, -0.2) is 17.9 Å². The van der Waals surface area contributed by atoms with Gasteiger partial charge in [0.1, 0.15) is 5.78 Å². The fourth-order valence-corrected chi connectivity index (χ4v) is 3.21. The van der Waals surface area contributed by atoms with E-state index < -0.39 is 0 Å². The van der Waals surface area contributed by atoms with Crippen molar-refractivity contribution in [3.63, 3.8) is 0 Å². The minimum Gasteiger partial charge on any atom is -0.311 e. The summed E-state index contributed by atoms with van der Waals surface area (Å²) in [5.41, 5.74) is 0. The lowest BCUT2D eigenvalue weighted by atomic mass is 9.86. The number of carbonyl (C=O) groups is 1. The summed E-state index contributed by atoms with van der Waals surface area (Å²) in [6.45, 7) is 4.46. The third-order valence-electron chi connectivity index (χ3n) is 4.13. The molecule has 92 valence electrons. The summed E-state index contributed by atoms with van der Waals surface area (Å²) in [5.74, 6) is 1.65. The Balaban J connectivity index is 1.73. The molecule has 2 fully saturated rings. The third kappa shape index (κ3) is 3.07. The summed E-state index contributed by atoms with van der Waals surface area (Å²) in [6.07, 6.45) is 7.91. The molecule has 2 aliphatic heterocycles. The molecule has 0 aromatic heterocycles. The fraction of sp³-hybridized carbons (Fsp3) is 0.929. The van der Waals surface area contributed by atoms with Gasteiger partial charge in [-0.3, -0.25) is 4.79 Å². The summed E-state index contributed by atoms with van der Waals surface area (Å²) < 4.78 is 0. The van der Waals surface area contributed by atoms with Gasteiger partial charge in [0.2, 0.25) is 0 Å². The van der Waals surface area contributed by atoms with Crippen LogP contribution in [0, 0.1) is 11.8 Å². The molecule has 1 N–H and O–H groups in total. The molecule has 0 saturated carbocycles. The number of Topliss-reactive ketones (excluding diaryl/α,β-unsaturated/α-hetero) is 1. The monoisotopic (exact) mass is 223 g/mol. The van der Waals surface area contributed by atoms with Crippen molar-refractivity contribution in [3.05, 3.63) is 0 Å². The van der Waals surface area contributed by atoms with Gasteiger partial charge in [-0.15, -0.1) is 0 Å². The van der Waals surface area contributed by atoms with E-state index in [4.69, 9.17) is 0 Å². The summed E-state index contributed by atoms with van der Waals surface area (Å²) in [6, 6.07) is 1.30. The van der Waals surface area contributed by atoms with Crippen LogP contribution >= 0.6 is 0 Å². The lowest BCUT2D eigenvalue weighted by molar-refractivity contribution is -0.124. The topological polar surface area (TPSA) is 29.1 Å². The largest absolute Gasteiger partial charge is 0.311 e. The van der Waals surface area contributed by atoms with Gasteiger partial charge in [-0.05, 0) is 38.0 Å². The van der Waals surface area contributed by atoms with E-state index >= 15 is 0 Å². The second kappa shape index (κ2) is 5.31. The first-order chi connectivity index (χ1) is 7.65. The Kier molecular flexibility index (Phi) is 4.01. The molecule has 0 amide bonds. The van der Waals surface area contributed by atoms with Crippen LogP contribution in [0.5, 0.6) is 0 Å². The maximum atomic E-state index is 12.1. The van der Waals surface area contributed by atoms with Crippen molar-refractivity contribution >= 4 is 5.78 Å². The zero-order valence-corrected chi connectivity index (χ0v) is 10.7. The maximum absolute atomic E-state index is 12.1. The summed E-state index contributed by atoms with van der Waals surface area (Å²) in [7, 11) is 0. The number of hydrogen-bond acceptors (Lipinski definition) is 2. The average Bonchev–Trinajstić information content (AvgIpc) is 2.57. The molecule has 2 rings (SSSR count). The van der Waals surface area contributed by atoms with Crippen molar-refractivity contribution in [2.24, 2.45) is 11.8 Å². The van der Waals surface area contributed by atoms with Crippen LogP contribution in [0.3, 0.4) is 0 Å². The Hall–Kier alpha value is -0.370. The quantitative estimate of drug-likeness (QED) is 0.776. The predicted octanol–water partition coefficient (Wildman–Crippen LogP) is 2.91. The van der Waals surface area contributed by atoms with Crippen molar-refractivity contribution in [2.75, 3.05) is 0 Å². The Morgan fingerprint density at radius 3 is 2.44 bits per heavy atom. The van der Waals surface area contributed by atoms with Gasteiger partial charge >= 0.3 is 0 Å². The Morgan fingerprint density at radius 1 is 1.25 bits per heavy atom. The molecule has 2 saturated heterocycles. The van der Waals surface area contributed by atoms with Gasteiger partial charge < -0.3 is 5.32 Å². The van der Waals surface area contributed by atoms with E-state index in [2.05, 4.69) is 19.2 Å². The molecule has 0 aromatic carbocycles. The van der Waals surface area contributed by atoms with Crippen molar-refractivity contribution in [2.45, 2.75) is 70.9 Å². The van der Waals surface area contributed by atoms with Crippen LogP contribution in [0.2, 0.25) is 0 Å². The molecule has 2 nitrogen and oxygen atoms in total. The zero-order chi connectivity index (χ0) is 11.5. The summed E-state index contributed by atoms with van der Waals surface area (Å²) >= 11 is 0. The molecule has 2 bridgehead atoms. The van der Waals surface area contributed by atoms with E-state index in [1.807, 2.05) is 0 Å². The van der Waals surface area contributed by atoms with Crippen LogP contribution in [-0.2, 0) is 4.79 Å². The molecule has 0 spiro atoms. The number of fused-ring (bicyclic) bond motifs is 2. The number of piperidine rings is 1. The number of rotatable bonds is 5. The number of nitrogens with one attached hydrogen (secondary N) is 1. The van der Waals surface area contributed by atoms with Gasteiger partial charge in [-0.2, -0.15) is 0 Å². The van der Waals surface area contributed by atoms with Gasteiger partial charge in [0.25, 0.3) is 0 Å². The van der Waals surface area contributed by atoms with E-state index in [9.17, 15) is 4.79 Å². The molecular weight excluding hydrogens is 198 g/mol. The highest BCUT2D eigenvalue weighted by Crippen LogP contribution is 2.32. The first-order valence-corrected chi connectivity index (χ1v) is 6.94. The highest BCUT2D eigenvalue weighted by atomic mass is 16.1. The van der Waals surface area contributed by atoms with Crippen molar-refractivity contribution in [3.8, 4) is 0 Å². The molecule has 0 radical (unpaired) electrons. The molecule has 0 aromatic rings. The first-order valence-electron chi connectivity index (χ1n) is 6.94. The van der Waals surface area contributed by atoms with Crippen molar-refractivity contribution in [1.29, 1.82) is 0 Å². The van der Waals surface area contributed by atoms with Gasteiger partial charge in [-0.1, -0.05) is 20.3 Å². The second-order valence-electron chi connectivity index (χ2n) is 6.06. The zero-order valence-electron chi connectivity index (χ0n) is 10.7. The molecule has 2 unspecified atom stereocenters. The Bertz CT molecular complexity index is 237. The highest BCUT2D eigenvalue weighted by molar-refractivity contribution is 5.81. The molecule has 2 heteroatoms. The average molecular weight is 223 g/mol. The first kappa shape index (κ1) is 12.1. The molecule has 0 aliphatic carbocycles. The van der Waals surface area contributed by atoms with E-state index in [1.165, 1.54) is 19.3 Å². The number of carbonyl (C=O) groups excluding carboxylic acids is 1. The molecular formula is C14H25NO. The lowest BCUT2D eigenvalue weighted by Crippen LogP contribution is -2.40. The molecule has 16 heavy (non-hydrogen) atoms. The predicted molar refractivity (Wildman–Crippen MR) is 66.4 cm³/mol. The van der Waals surface area contributed by atoms with E-state index in [-0.39, 0.29) is 0 Å². The van der Waals surface area contributed by atoms with E-state index in [1.54, 1.807) is 0 Å². The molecule has 2 heterocycles. The van der Waals surface area contributed by atoms with E-state index in [0.29, 0.717) is 23.8 Å². The maximum Gasteiger partial charge on any atom is 0.136 e. The second-order valence-corrected chi connectivity index (χ2v) is 6.06. The van der Waals surface area contributed by atoms with Crippen LogP contribution in [0.1, 0.15) is 58.8 Å². The smallest absolute Gasteiger partial charge is 0.136 e. The molecule has 2 atom stereocenters. The fourth-order valence-electron chi connectivity index (χ4n) is 3.21. The van der Waals surface area contributed by atoms with Gasteiger partial charge in [0, 0.05) is 24.4 Å². The summed E-state index contributed by atoms with van der Waals surface area (Å²) in [5, 5.41) is 3.60. The normalized spacial score (nSPS) is 33.3. The van der Waals surface area contributed by atoms with Crippen LogP contribution in [0.4, 0.5) is 0 Å². The van der Waals surface area contributed by atoms with E-state index in [0.717, 1.165) is 31.6 Å². The van der Waals surface area contributed by atoms with Crippen LogP contribution in [0.15, 0.2) is 0 Å². The van der Waals surface area contributed by atoms with Gasteiger partial charge in [0.05, 0.1) is 0 Å². The lowest BCUT2D eigenvalue weighted by Gasteiger charge is -2.28. The molecule has 2 aliphatic rings. The van der Waals surface area contributed by atoms with Gasteiger partial charge in [0.15, 0.2) is 0 Å². The number of hydrogen-bond donors (Lipinski definition) is 1. The van der Waals surface area contributed by atoms with Crippen LogP contribution < -0.4 is 5.32 Å².